The molecule has 0 aliphatic carbocycles. The Morgan fingerprint density at radius 1 is 1.20 bits per heavy atom. The first kappa shape index (κ1) is 14.6. The highest BCUT2D eigenvalue weighted by molar-refractivity contribution is 9.10. The zero-order chi connectivity index (χ0) is 14.8. The zero-order valence-corrected chi connectivity index (χ0v) is 12.9. The number of halogens is 1. The minimum absolute atomic E-state index is 0.0237. The van der Waals surface area contributed by atoms with Crippen molar-refractivity contribution in [3.05, 3.63) is 58.1 Å². The van der Waals surface area contributed by atoms with Gasteiger partial charge in [-0.05, 0) is 42.8 Å². The summed E-state index contributed by atoms with van der Waals surface area (Å²) < 4.78 is 30.2. The summed E-state index contributed by atoms with van der Waals surface area (Å²) in [6.07, 6.45) is 0. The van der Waals surface area contributed by atoms with Crippen LogP contribution in [0, 0.1) is 18.3 Å². The van der Waals surface area contributed by atoms with Crippen molar-refractivity contribution < 1.29 is 12.6 Å². The Kier molecular flexibility index (Phi) is 4.12. The van der Waals surface area contributed by atoms with Crippen LogP contribution < -0.4 is 4.18 Å². The number of aryl methyl sites for hydroxylation is 1. The van der Waals surface area contributed by atoms with Crippen molar-refractivity contribution in [3.63, 3.8) is 0 Å². The van der Waals surface area contributed by atoms with Crippen LogP contribution in [0.15, 0.2) is 51.8 Å². The third-order valence-corrected chi connectivity index (χ3v) is 4.75. The molecule has 102 valence electrons. The molecular weight excluding hydrogens is 342 g/mol. The number of benzene rings is 2. The summed E-state index contributed by atoms with van der Waals surface area (Å²) in [7, 11) is -3.96. The van der Waals surface area contributed by atoms with E-state index in [4.69, 9.17) is 9.44 Å². The van der Waals surface area contributed by atoms with Crippen molar-refractivity contribution in [2.75, 3.05) is 0 Å². The second-order valence-corrected chi connectivity index (χ2v) is 6.46. The molecule has 0 radical (unpaired) electrons. The fourth-order valence-corrected chi connectivity index (χ4v) is 2.85. The SMILES string of the molecule is Cc1cc(S(=O)(=O)Oc2ccccc2C#N)ccc1Br. The lowest BCUT2D eigenvalue weighted by Crippen LogP contribution is -2.10. The van der Waals surface area contributed by atoms with Gasteiger partial charge in [-0.2, -0.15) is 13.7 Å². The van der Waals surface area contributed by atoms with Crippen LogP contribution in [0.4, 0.5) is 0 Å². The maximum Gasteiger partial charge on any atom is 0.339 e. The molecule has 0 saturated carbocycles. The van der Waals surface area contributed by atoms with Crippen LogP contribution in [0.1, 0.15) is 11.1 Å². The number of nitriles is 1. The van der Waals surface area contributed by atoms with E-state index < -0.39 is 10.1 Å². The second kappa shape index (κ2) is 5.65. The zero-order valence-electron chi connectivity index (χ0n) is 10.5. The first-order valence-electron chi connectivity index (χ1n) is 5.64. The van der Waals surface area contributed by atoms with E-state index in [1.165, 1.54) is 24.3 Å². The van der Waals surface area contributed by atoms with E-state index in [0.717, 1.165) is 10.0 Å². The molecule has 0 aliphatic rings. The summed E-state index contributed by atoms with van der Waals surface area (Å²) in [6.45, 7) is 1.78. The first-order chi connectivity index (χ1) is 9.44. The molecular formula is C14H10BrNO3S. The van der Waals surface area contributed by atoms with Gasteiger partial charge in [-0.25, -0.2) is 0 Å². The van der Waals surface area contributed by atoms with Crippen LogP contribution in [0.25, 0.3) is 0 Å². The summed E-state index contributed by atoms with van der Waals surface area (Å²) in [5.41, 5.74) is 0.952. The quantitative estimate of drug-likeness (QED) is 0.794. The molecule has 6 heteroatoms. The minimum atomic E-state index is -3.96. The van der Waals surface area contributed by atoms with E-state index in [9.17, 15) is 8.42 Å². The standard InChI is InChI=1S/C14H10BrNO3S/c1-10-8-12(6-7-13(10)15)20(17,18)19-14-5-3-2-4-11(14)9-16/h2-8H,1H3. The van der Waals surface area contributed by atoms with Gasteiger partial charge in [0, 0.05) is 4.47 Å². The van der Waals surface area contributed by atoms with Crippen LogP contribution in [-0.2, 0) is 10.1 Å². The van der Waals surface area contributed by atoms with Gasteiger partial charge in [0.1, 0.15) is 11.0 Å². The summed E-state index contributed by atoms with van der Waals surface area (Å²) in [4.78, 5) is 0.0472. The Bertz CT molecular complexity index is 794. The number of hydrogen-bond donors (Lipinski definition) is 0. The van der Waals surface area contributed by atoms with Crippen LogP contribution in [-0.4, -0.2) is 8.42 Å². The normalized spacial score (nSPS) is 10.8. The van der Waals surface area contributed by atoms with Crippen LogP contribution in [0.2, 0.25) is 0 Å². The molecule has 0 atom stereocenters. The van der Waals surface area contributed by atoms with Crippen molar-refractivity contribution >= 4 is 26.0 Å². The molecule has 0 aliphatic heterocycles. The van der Waals surface area contributed by atoms with Crippen molar-refractivity contribution in [1.29, 1.82) is 5.26 Å². The highest BCUT2D eigenvalue weighted by atomic mass is 79.9. The van der Waals surface area contributed by atoms with Crippen LogP contribution >= 0.6 is 15.9 Å². The van der Waals surface area contributed by atoms with Gasteiger partial charge in [0.2, 0.25) is 0 Å². The highest BCUT2D eigenvalue weighted by Gasteiger charge is 2.19. The monoisotopic (exact) mass is 351 g/mol. The van der Waals surface area contributed by atoms with E-state index in [-0.39, 0.29) is 16.2 Å². The molecule has 0 fully saturated rings. The van der Waals surface area contributed by atoms with Gasteiger partial charge in [0.05, 0.1) is 5.56 Å². The lowest BCUT2D eigenvalue weighted by atomic mass is 10.2. The molecule has 0 aromatic heterocycles. The molecule has 0 unspecified atom stereocenters. The number of para-hydroxylation sites is 1. The molecule has 2 rings (SSSR count). The van der Waals surface area contributed by atoms with Gasteiger partial charge < -0.3 is 4.18 Å². The van der Waals surface area contributed by atoms with Crippen molar-refractivity contribution in [3.8, 4) is 11.8 Å². The van der Waals surface area contributed by atoms with Gasteiger partial charge >= 0.3 is 10.1 Å². The number of nitrogens with zero attached hydrogens (tertiary/aromatic N) is 1. The van der Waals surface area contributed by atoms with Crippen molar-refractivity contribution in [1.82, 2.24) is 0 Å². The fourth-order valence-electron chi connectivity index (χ4n) is 1.57. The smallest absolute Gasteiger partial charge is 0.339 e. The largest absolute Gasteiger partial charge is 0.378 e. The van der Waals surface area contributed by atoms with Gasteiger partial charge in [-0.1, -0.05) is 28.1 Å². The average Bonchev–Trinajstić information content (AvgIpc) is 2.42. The molecule has 0 amide bonds. The second-order valence-electron chi connectivity index (χ2n) is 4.06. The molecule has 0 spiro atoms. The van der Waals surface area contributed by atoms with E-state index >= 15 is 0 Å². The van der Waals surface area contributed by atoms with E-state index in [1.54, 1.807) is 25.1 Å². The van der Waals surface area contributed by atoms with Crippen LogP contribution in [0.3, 0.4) is 0 Å². The minimum Gasteiger partial charge on any atom is -0.378 e. The van der Waals surface area contributed by atoms with E-state index in [0.29, 0.717) is 0 Å². The predicted molar refractivity (Wildman–Crippen MR) is 77.8 cm³/mol. The first-order valence-corrected chi connectivity index (χ1v) is 7.84. The summed E-state index contributed by atoms with van der Waals surface area (Å²) in [5, 5.41) is 8.94. The molecule has 4 nitrogen and oxygen atoms in total. The molecule has 0 heterocycles. The molecule has 0 N–H and O–H groups in total. The average molecular weight is 352 g/mol. The highest BCUT2D eigenvalue weighted by Crippen LogP contribution is 2.25. The predicted octanol–water partition coefficient (Wildman–Crippen LogP) is 3.40. The fraction of sp³-hybridized carbons (Fsp3) is 0.0714. The van der Waals surface area contributed by atoms with Gasteiger partial charge in [0.15, 0.2) is 5.75 Å². The lowest BCUT2D eigenvalue weighted by molar-refractivity contribution is 0.485. The number of rotatable bonds is 3. The van der Waals surface area contributed by atoms with Gasteiger partial charge in [-0.3, -0.25) is 0 Å². The van der Waals surface area contributed by atoms with Gasteiger partial charge in [0.25, 0.3) is 0 Å². The molecule has 0 bridgehead atoms. The Morgan fingerprint density at radius 2 is 1.90 bits per heavy atom. The number of hydrogen-bond acceptors (Lipinski definition) is 4. The molecule has 0 saturated heterocycles. The van der Waals surface area contributed by atoms with Crippen LogP contribution in [0.5, 0.6) is 5.75 Å². The Balaban J connectivity index is 2.41. The molecule has 2 aromatic carbocycles. The van der Waals surface area contributed by atoms with E-state index in [1.807, 2.05) is 6.07 Å². The maximum absolute atomic E-state index is 12.2. The lowest BCUT2D eigenvalue weighted by Gasteiger charge is -2.09. The maximum atomic E-state index is 12.2. The third-order valence-electron chi connectivity index (χ3n) is 2.63. The summed E-state index contributed by atoms with van der Waals surface area (Å²) in [5.74, 6) is 0.0237. The molecule has 2 aromatic rings. The van der Waals surface area contributed by atoms with E-state index in [2.05, 4.69) is 15.9 Å². The molecule has 20 heavy (non-hydrogen) atoms. The summed E-state index contributed by atoms with van der Waals surface area (Å²) in [6, 6.07) is 12.7. The topological polar surface area (TPSA) is 67.2 Å². The van der Waals surface area contributed by atoms with Crippen molar-refractivity contribution in [2.24, 2.45) is 0 Å². The Morgan fingerprint density at radius 3 is 2.55 bits per heavy atom. The third kappa shape index (κ3) is 3.00. The summed E-state index contributed by atoms with van der Waals surface area (Å²) >= 11 is 3.31. The Labute approximate surface area is 125 Å². The van der Waals surface area contributed by atoms with Gasteiger partial charge in [-0.15, -0.1) is 0 Å². The van der Waals surface area contributed by atoms with Crippen molar-refractivity contribution in [2.45, 2.75) is 11.8 Å². The Hall–Kier alpha value is -1.84.